The number of carboxylic acids is 1. The topological polar surface area (TPSA) is 66.8 Å². The molecule has 0 aromatic rings. The number of hydrogen-bond acceptors (Lipinski definition) is 3. The summed E-state index contributed by atoms with van der Waals surface area (Å²) >= 11 is 0. The lowest BCUT2D eigenvalue weighted by Crippen LogP contribution is -2.58. The van der Waals surface area contributed by atoms with Crippen molar-refractivity contribution in [1.82, 2.24) is 4.90 Å². The number of carbonyl (C=O) groups is 2. The largest absolute Gasteiger partial charge is 0.480 e. The van der Waals surface area contributed by atoms with Gasteiger partial charge in [0.25, 0.3) is 0 Å². The molecule has 92 valence electrons. The average Bonchev–Trinajstić information content (AvgIpc) is 2.14. The average molecular weight is 241 g/mol. The molecule has 0 spiro atoms. The molecular formula is C8H10F3NO4. The maximum atomic E-state index is 12.2. The summed E-state index contributed by atoms with van der Waals surface area (Å²) in [7, 11) is 0. The Morgan fingerprint density at radius 3 is 2.44 bits per heavy atom. The van der Waals surface area contributed by atoms with Gasteiger partial charge >= 0.3 is 18.1 Å². The van der Waals surface area contributed by atoms with Crippen molar-refractivity contribution in [3.63, 3.8) is 0 Å². The smallest absolute Gasteiger partial charge is 0.471 e. The van der Waals surface area contributed by atoms with Gasteiger partial charge in [0.05, 0.1) is 12.7 Å². The van der Waals surface area contributed by atoms with Gasteiger partial charge in [-0.15, -0.1) is 0 Å². The monoisotopic (exact) mass is 241 g/mol. The number of nitrogens with zero attached hydrogens (tertiary/aromatic N) is 1. The molecule has 5 nitrogen and oxygen atoms in total. The highest BCUT2D eigenvalue weighted by atomic mass is 19.4. The van der Waals surface area contributed by atoms with E-state index in [9.17, 15) is 22.8 Å². The van der Waals surface area contributed by atoms with Crippen LogP contribution >= 0.6 is 0 Å². The summed E-state index contributed by atoms with van der Waals surface area (Å²) in [5.74, 6) is -3.65. The van der Waals surface area contributed by atoms with Gasteiger partial charge in [-0.1, -0.05) is 0 Å². The van der Waals surface area contributed by atoms with Gasteiger partial charge in [0.1, 0.15) is 0 Å². The van der Waals surface area contributed by atoms with Crippen LogP contribution in [0.1, 0.15) is 6.92 Å². The predicted molar refractivity (Wildman–Crippen MR) is 44.6 cm³/mol. The molecule has 1 rings (SSSR count). The molecule has 0 aromatic carbocycles. The molecule has 1 fully saturated rings. The Bertz CT molecular complexity index is 304. The maximum absolute atomic E-state index is 12.2. The van der Waals surface area contributed by atoms with Gasteiger partial charge in [0, 0.05) is 6.54 Å². The summed E-state index contributed by atoms with van der Waals surface area (Å²) in [5, 5.41) is 8.67. The van der Waals surface area contributed by atoms with E-state index in [2.05, 4.69) is 0 Å². The van der Waals surface area contributed by atoms with Crippen LogP contribution in [0.2, 0.25) is 0 Å². The van der Waals surface area contributed by atoms with E-state index in [-0.39, 0.29) is 11.4 Å². The van der Waals surface area contributed by atoms with Crippen molar-refractivity contribution in [2.75, 3.05) is 13.2 Å². The van der Waals surface area contributed by atoms with Gasteiger partial charge in [0.2, 0.25) is 0 Å². The SMILES string of the molecule is C[C@H]1CN(C(=O)C(F)(F)F)[C@H](C(=O)O)CO1. The number of hydrogen-bond donors (Lipinski definition) is 1. The van der Waals surface area contributed by atoms with E-state index in [0.29, 0.717) is 0 Å². The standard InChI is InChI=1S/C8H10F3NO4/c1-4-2-12(7(15)8(9,10)11)5(3-16-4)6(13)14/h4-5H,2-3H2,1H3,(H,13,14)/t4-,5-/m0/s1. The Labute approximate surface area is 88.8 Å². The Hall–Kier alpha value is -1.31. The zero-order valence-corrected chi connectivity index (χ0v) is 8.32. The molecule has 8 heteroatoms. The minimum absolute atomic E-state index is 0.288. The van der Waals surface area contributed by atoms with Gasteiger partial charge in [-0.25, -0.2) is 4.79 Å². The van der Waals surface area contributed by atoms with Crippen molar-refractivity contribution in [3.8, 4) is 0 Å². The van der Waals surface area contributed by atoms with Gasteiger partial charge in [-0.3, -0.25) is 4.79 Å². The second-order valence-electron chi connectivity index (χ2n) is 3.45. The molecule has 1 amide bonds. The molecule has 0 bridgehead atoms. The van der Waals surface area contributed by atoms with Gasteiger partial charge in [0.15, 0.2) is 6.04 Å². The second-order valence-corrected chi connectivity index (χ2v) is 3.45. The summed E-state index contributed by atoms with van der Waals surface area (Å²) < 4.78 is 41.4. The van der Waals surface area contributed by atoms with E-state index >= 15 is 0 Å². The summed E-state index contributed by atoms with van der Waals surface area (Å²) in [6, 6.07) is -1.58. The third kappa shape index (κ3) is 2.63. The van der Waals surface area contributed by atoms with Crippen molar-refractivity contribution in [1.29, 1.82) is 0 Å². The lowest BCUT2D eigenvalue weighted by atomic mass is 10.2. The lowest BCUT2D eigenvalue weighted by Gasteiger charge is -2.36. The Balaban J connectivity index is 2.87. The van der Waals surface area contributed by atoms with Crippen molar-refractivity contribution >= 4 is 11.9 Å². The summed E-state index contributed by atoms with van der Waals surface area (Å²) in [6.07, 6.45) is -5.67. The molecule has 1 heterocycles. The lowest BCUT2D eigenvalue weighted by molar-refractivity contribution is -0.198. The third-order valence-corrected chi connectivity index (χ3v) is 2.16. The van der Waals surface area contributed by atoms with Crippen molar-refractivity contribution in [3.05, 3.63) is 0 Å². The first kappa shape index (κ1) is 12.8. The Kier molecular flexibility index (Phi) is 3.41. The zero-order valence-electron chi connectivity index (χ0n) is 8.32. The number of amides is 1. The zero-order chi connectivity index (χ0) is 12.5. The fraction of sp³-hybridized carbons (Fsp3) is 0.750. The fourth-order valence-corrected chi connectivity index (χ4v) is 1.39. The fourth-order valence-electron chi connectivity index (χ4n) is 1.39. The highest BCUT2D eigenvalue weighted by Crippen LogP contribution is 2.22. The molecule has 2 atom stereocenters. The molecule has 1 N–H and O–H groups in total. The molecule has 1 saturated heterocycles. The summed E-state index contributed by atoms with van der Waals surface area (Å²) in [6.45, 7) is 0.655. The maximum Gasteiger partial charge on any atom is 0.471 e. The number of carbonyl (C=O) groups excluding carboxylic acids is 1. The molecule has 1 aliphatic rings. The minimum Gasteiger partial charge on any atom is -0.480 e. The molecule has 0 unspecified atom stereocenters. The van der Waals surface area contributed by atoms with Crippen LogP contribution in [0.4, 0.5) is 13.2 Å². The summed E-state index contributed by atoms with van der Waals surface area (Å²) in [4.78, 5) is 21.9. The normalized spacial score (nSPS) is 26.6. The highest BCUT2D eigenvalue weighted by Gasteiger charge is 2.48. The number of alkyl halides is 3. The first-order valence-corrected chi connectivity index (χ1v) is 4.45. The van der Waals surface area contributed by atoms with Gasteiger partial charge in [-0.05, 0) is 6.92 Å². The van der Waals surface area contributed by atoms with E-state index < -0.39 is 36.8 Å². The predicted octanol–water partition coefficient (Wildman–Crippen LogP) is 0.249. The number of rotatable bonds is 1. The van der Waals surface area contributed by atoms with Gasteiger partial charge in [-0.2, -0.15) is 13.2 Å². The van der Waals surface area contributed by atoms with Crippen LogP contribution < -0.4 is 0 Å². The molecule has 16 heavy (non-hydrogen) atoms. The van der Waals surface area contributed by atoms with Crippen molar-refractivity contribution in [2.45, 2.75) is 25.2 Å². The number of halogens is 3. The number of morpholine rings is 1. The molecule has 0 aromatic heterocycles. The van der Waals surface area contributed by atoms with E-state index in [1.807, 2.05) is 0 Å². The van der Waals surface area contributed by atoms with Crippen LogP contribution in [-0.2, 0) is 14.3 Å². The minimum atomic E-state index is -5.06. The van der Waals surface area contributed by atoms with Crippen molar-refractivity contribution < 1.29 is 32.6 Å². The summed E-state index contributed by atoms with van der Waals surface area (Å²) in [5.41, 5.74) is 0. The van der Waals surface area contributed by atoms with Crippen LogP contribution in [0.15, 0.2) is 0 Å². The number of ether oxygens (including phenoxy) is 1. The molecular weight excluding hydrogens is 231 g/mol. The van der Waals surface area contributed by atoms with Crippen LogP contribution in [0, 0.1) is 0 Å². The first-order chi connectivity index (χ1) is 7.23. The molecule has 0 saturated carbocycles. The van der Waals surface area contributed by atoms with Gasteiger partial charge < -0.3 is 14.7 Å². The van der Waals surface area contributed by atoms with Crippen LogP contribution in [0.5, 0.6) is 0 Å². The molecule has 0 radical (unpaired) electrons. The Morgan fingerprint density at radius 1 is 1.44 bits per heavy atom. The molecule has 1 aliphatic heterocycles. The van der Waals surface area contributed by atoms with E-state index in [1.165, 1.54) is 6.92 Å². The van der Waals surface area contributed by atoms with Crippen LogP contribution in [-0.4, -0.2) is 53.4 Å². The van der Waals surface area contributed by atoms with Crippen LogP contribution in [0.25, 0.3) is 0 Å². The number of aliphatic carboxylic acids is 1. The highest BCUT2D eigenvalue weighted by molar-refractivity contribution is 5.87. The first-order valence-electron chi connectivity index (χ1n) is 4.45. The quantitative estimate of drug-likeness (QED) is 0.714. The second kappa shape index (κ2) is 4.28. The van der Waals surface area contributed by atoms with Crippen LogP contribution in [0.3, 0.4) is 0 Å². The van der Waals surface area contributed by atoms with E-state index in [4.69, 9.17) is 9.84 Å². The molecule has 0 aliphatic carbocycles. The Morgan fingerprint density at radius 2 is 2.00 bits per heavy atom. The van der Waals surface area contributed by atoms with Crippen molar-refractivity contribution in [2.24, 2.45) is 0 Å². The van der Waals surface area contributed by atoms with E-state index in [0.717, 1.165) is 0 Å². The third-order valence-electron chi connectivity index (χ3n) is 2.16. The number of carboxylic acid groups (broad SMARTS) is 1. The van der Waals surface area contributed by atoms with E-state index in [1.54, 1.807) is 0 Å².